The minimum atomic E-state index is -4.72. The number of amides is 1. The highest BCUT2D eigenvalue weighted by Crippen LogP contribution is 2.32. The molecule has 1 amide bonds. The molecule has 8 heteroatoms. The van der Waals surface area contributed by atoms with Gasteiger partial charge in [0.15, 0.2) is 24.2 Å². The van der Waals surface area contributed by atoms with E-state index in [1.54, 1.807) is 6.92 Å². The smallest absolute Gasteiger partial charge is 0.412 e. The fraction of sp³-hybridized carbons (Fsp3) is 0.235. The van der Waals surface area contributed by atoms with Gasteiger partial charge in [0.25, 0.3) is 5.91 Å². The Hall–Kier alpha value is -2.64. The number of hydrogen-bond donors (Lipinski definition) is 1. The van der Waals surface area contributed by atoms with Gasteiger partial charge in [-0.15, -0.1) is 0 Å². The van der Waals surface area contributed by atoms with Crippen molar-refractivity contribution in [3.63, 3.8) is 0 Å². The average molecular weight is 359 g/mol. The summed E-state index contributed by atoms with van der Waals surface area (Å²) >= 11 is 0. The summed E-state index contributed by atoms with van der Waals surface area (Å²) in [4.78, 5) is 11.8. The second kappa shape index (κ2) is 7.50. The molecule has 0 fully saturated rings. The van der Waals surface area contributed by atoms with Gasteiger partial charge in [0, 0.05) is 6.07 Å². The molecule has 25 heavy (non-hydrogen) atoms. The van der Waals surface area contributed by atoms with Crippen LogP contribution in [0, 0.1) is 18.6 Å². The molecule has 2 aromatic rings. The van der Waals surface area contributed by atoms with Crippen LogP contribution in [0.1, 0.15) is 17.2 Å². The molecule has 3 nitrogen and oxygen atoms in total. The number of carbonyl (C=O) groups is 1. The molecule has 0 saturated carbocycles. The molecule has 0 heterocycles. The van der Waals surface area contributed by atoms with Gasteiger partial charge in [0.2, 0.25) is 0 Å². The van der Waals surface area contributed by atoms with Crippen LogP contribution in [0.5, 0.6) is 5.75 Å². The van der Waals surface area contributed by atoms with Crippen molar-refractivity contribution in [1.82, 2.24) is 5.32 Å². The highest BCUT2D eigenvalue weighted by molar-refractivity contribution is 5.78. The van der Waals surface area contributed by atoms with E-state index in [1.807, 2.05) is 5.32 Å². The Kier molecular flexibility index (Phi) is 5.61. The molecule has 1 atom stereocenters. The predicted octanol–water partition coefficient (Wildman–Crippen LogP) is 4.07. The lowest BCUT2D eigenvalue weighted by atomic mass is 10.0. The van der Waals surface area contributed by atoms with Crippen molar-refractivity contribution in [2.24, 2.45) is 0 Å². The van der Waals surface area contributed by atoms with Crippen LogP contribution < -0.4 is 10.1 Å². The zero-order valence-corrected chi connectivity index (χ0v) is 13.0. The summed E-state index contributed by atoms with van der Waals surface area (Å²) < 4.78 is 70.5. The standard InChI is InChI=1S/C17H14F5NO2/c1-10-2-4-11(5-3-10)16(17(20,21)22)23-15(24)9-25-14-7-6-12(18)8-13(14)19/h2-8,16H,9H2,1H3,(H,23,24). The maximum atomic E-state index is 13.4. The number of aryl methyl sites for hydroxylation is 1. The number of ether oxygens (including phenoxy) is 1. The van der Waals surface area contributed by atoms with Crippen molar-refractivity contribution >= 4 is 5.91 Å². The number of carbonyl (C=O) groups excluding carboxylic acids is 1. The zero-order valence-electron chi connectivity index (χ0n) is 13.0. The predicted molar refractivity (Wildman–Crippen MR) is 80.0 cm³/mol. The van der Waals surface area contributed by atoms with Crippen molar-refractivity contribution in [2.75, 3.05) is 6.61 Å². The molecule has 1 unspecified atom stereocenters. The maximum Gasteiger partial charge on any atom is 0.412 e. The van der Waals surface area contributed by atoms with Gasteiger partial charge in [-0.1, -0.05) is 29.8 Å². The quantitative estimate of drug-likeness (QED) is 0.818. The Morgan fingerprint density at radius 2 is 1.76 bits per heavy atom. The molecule has 1 N–H and O–H groups in total. The maximum absolute atomic E-state index is 13.4. The van der Waals surface area contributed by atoms with E-state index in [-0.39, 0.29) is 5.56 Å². The molecular weight excluding hydrogens is 345 g/mol. The molecule has 0 spiro atoms. The molecule has 0 aliphatic rings. The lowest BCUT2D eigenvalue weighted by Gasteiger charge is -2.22. The van der Waals surface area contributed by atoms with Crippen molar-refractivity contribution in [2.45, 2.75) is 19.1 Å². The average Bonchev–Trinajstić information content (AvgIpc) is 2.52. The molecule has 0 aliphatic carbocycles. The van der Waals surface area contributed by atoms with Crippen LogP contribution >= 0.6 is 0 Å². The molecule has 0 bridgehead atoms. The number of hydrogen-bond acceptors (Lipinski definition) is 2. The van der Waals surface area contributed by atoms with E-state index in [2.05, 4.69) is 0 Å². The summed E-state index contributed by atoms with van der Waals surface area (Å²) in [6, 6.07) is 5.66. The van der Waals surface area contributed by atoms with Gasteiger partial charge in [0.05, 0.1) is 0 Å². The van der Waals surface area contributed by atoms with Crippen molar-refractivity contribution in [1.29, 1.82) is 0 Å². The Balaban J connectivity index is 2.05. The number of benzene rings is 2. The van der Waals surface area contributed by atoms with Gasteiger partial charge in [-0.2, -0.15) is 13.2 Å². The second-order valence-electron chi connectivity index (χ2n) is 5.32. The Bertz CT molecular complexity index is 744. The minimum Gasteiger partial charge on any atom is -0.481 e. The van der Waals surface area contributed by atoms with E-state index in [0.29, 0.717) is 6.07 Å². The van der Waals surface area contributed by atoms with E-state index >= 15 is 0 Å². The van der Waals surface area contributed by atoms with Crippen LogP contribution in [0.3, 0.4) is 0 Å². The molecule has 0 radical (unpaired) electrons. The highest BCUT2D eigenvalue weighted by atomic mass is 19.4. The molecule has 134 valence electrons. The number of nitrogens with one attached hydrogen (secondary N) is 1. The Labute approximate surface area is 140 Å². The second-order valence-corrected chi connectivity index (χ2v) is 5.32. The Morgan fingerprint density at radius 1 is 1.12 bits per heavy atom. The van der Waals surface area contributed by atoms with Crippen molar-refractivity contribution in [3.05, 3.63) is 65.2 Å². The zero-order chi connectivity index (χ0) is 18.6. The minimum absolute atomic E-state index is 0.139. The van der Waals surface area contributed by atoms with Crippen LogP contribution in [0.2, 0.25) is 0 Å². The first-order valence-corrected chi connectivity index (χ1v) is 7.17. The van der Waals surface area contributed by atoms with Gasteiger partial charge in [-0.05, 0) is 24.6 Å². The summed E-state index contributed by atoms with van der Waals surface area (Å²) in [6.45, 7) is 0.872. The van der Waals surface area contributed by atoms with Crippen LogP contribution in [-0.2, 0) is 4.79 Å². The third-order valence-corrected chi connectivity index (χ3v) is 3.30. The summed E-state index contributed by atoms with van der Waals surface area (Å²) in [5.74, 6) is -3.42. The van der Waals surface area contributed by atoms with Gasteiger partial charge >= 0.3 is 6.18 Å². The number of alkyl halides is 3. The van der Waals surface area contributed by atoms with E-state index in [0.717, 1.165) is 17.7 Å². The number of halogens is 5. The van der Waals surface area contributed by atoms with Gasteiger partial charge in [-0.25, -0.2) is 8.78 Å². The Morgan fingerprint density at radius 3 is 2.32 bits per heavy atom. The van der Waals surface area contributed by atoms with Crippen molar-refractivity contribution < 1.29 is 31.5 Å². The van der Waals surface area contributed by atoms with Crippen LogP contribution in [0.15, 0.2) is 42.5 Å². The van der Waals surface area contributed by atoms with E-state index < -0.39 is 42.1 Å². The first-order valence-electron chi connectivity index (χ1n) is 7.17. The number of rotatable bonds is 5. The fourth-order valence-electron chi connectivity index (χ4n) is 2.05. The molecule has 2 rings (SSSR count). The fourth-order valence-corrected chi connectivity index (χ4v) is 2.05. The topological polar surface area (TPSA) is 38.3 Å². The molecule has 2 aromatic carbocycles. The third-order valence-electron chi connectivity index (χ3n) is 3.30. The molecule has 0 aromatic heterocycles. The lowest BCUT2D eigenvalue weighted by molar-refractivity contribution is -0.164. The summed E-state index contributed by atoms with van der Waals surface area (Å²) in [5.41, 5.74) is 0.630. The van der Waals surface area contributed by atoms with E-state index in [4.69, 9.17) is 4.74 Å². The van der Waals surface area contributed by atoms with Crippen LogP contribution in [0.25, 0.3) is 0 Å². The van der Waals surface area contributed by atoms with E-state index in [1.165, 1.54) is 24.3 Å². The van der Waals surface area contributed by atoms with E-state index in [9.17, 15) is 26.7 Å². The summed E-state index contributed by atoms with van der Waals surface area (Å²) in [5, 5.41) is 1.81. The first kappa shape index (κ1) is 18.7. The van der Waals surface area contributed by atoms with Crippen LogP contribution in [-0.4, -0.2) is 18.7 Å². The first-order chi connectivity index (χ1) is 11.7. The largest absolute Gasteiger partial charge is 0.481 e. The van der Waals surface area contributed by atoms with Crippen LogP contribution in [0.4, 0.5) is 22.0 Å². The monoisotopic (exact) mass is 359 g/mol. The van der Waals surface area contributed by atoms with Gasteiger partial charge < -0.3 is 10.1 Å². The normalized spacial score (nSPS) is 12.6. The third kappa shape index (κ3) is 5.17. The molecular formula is C17H14F5NO2. The SMILES string of the molecule is Cc1ccc(C(NC(=O)COc2ccc(F)cc2F)C(F)(F)F)cc1. The summed E-state index contributed by atoms with van der Waals surface area (Å²) in [7, 11) is 0. The molecule has 0 aliphatic heterocycles. The van der Waals surface area contributed by atoms with Crippen molar-refractivity contribution in [3.8, 4) is 5.75 Å². The summed E-state index contributed by atoms with van der Waals surface area (Å²) in [6.07, 6.45) is -4.72. The lowest BCUT2D eigenvalue weighted by Crippen LogP contribution is -2.40. The van der Waals surface area contributed by atoms with Gasteiger partial charge in [0.1, 0.15) is 5.82 Å². The molecule has 0 saturated heterocycles. The highest BCUT2D eigenvalue weighted by Gasteiger charge is 2.41. The van der Waals surface area contributed by atoms with Gasteiger partial charge in [-0.3, -0.25) is 4.79 Å².